The Kier molecular flexibility index (Phi) is 10.6. The van der Waals surface area contributed by atoms with Gasteiger partial charge in [-0.25, -0.2) is 9.59 Å². The van der Waals surface area contributed by atoms with Gasteiger partial charge in [-0.1, -0.05) is 19.1 Å². The number of carbonyl (C=O) groups is 4. The zero-order chi connectivity index (χ0) is 29.5. The first-order chi connectivity index (χ1) is 18.1. The lowest BCUT2D eigenvalue weighted by Crippen LogP contribution is -2.44. The molecule has 2 amide bonds. The van der Waals surface area contributed by atoms with E-state index < -0.39 is 23.3 Å². The van der Waals surface area contributed by atoms with Gasteiger partial charge >= 0.3 is 11.9 Å². The van der Waals surface area contributed by atoms with Crippen molar-refractivity contribution in [1.82, 2.24) is 30.4 Å². The van der Waals surface area contributed by atoms with E-state index in [9.17, 15) is 19.2 Å². The van der Waals surface area contributed by atoms with Crippen LogP contribution in [-0.4, -0.2) is 90.6 Å². The van der Waals surface area contributed by atoms with E-state index in [2.05, 4.69) is 26.5 Å². The lowest BCUT2D eigenvalue weighted by molar-refractivity contribution is -0.164. The number of aromatic amines is 1. The molecule has 1 N–H and O–H groups in total. The number of hydrogen-bond donors (Lipinski definition) is 1. The second-order valence-electron chi connectivity index (χ2n) is 11.7. The fraction of sp³-hybridized carbons (Fsp3) is 0.741. The molecule has 0 bridgehead atoms. The lowest BCUT2D eigenvalue weighted by atomic mass is 10.1. The van der Waals surface area contributed by atoms with Gasteiger partial charge in [0.25, 0.3) is 0 Å². The van der Waals surface area contributed by atoms with Crippen LogP contribution in [0.1, 0.15) is 92.8 Å². The molecule has 0 aliphatic carbocycles. The molecule has 2 aliphatic heterocycles. The smallest absolute Gasteiger partial charge is 0.329 e. The highest BCUT2D eigenvalue weighted by molar-refractivity contribution is 5.87. The van der Waals surface area contributed by atoms with E-state index in [-0.39, 0.29) is 35.6 Å². The first-order valence-corrected chi connectivity index (χ1v) is 13.3. The maximum absolute atomic E-state index is 12.2. The van der Waals surface area contributed by atoms with Crippen LogP contribution in [0.15, 0.2) is 0 Å². The number of aromatic nitrogens is 4. The van der Waals surface area contributed by atoms with Crippen molar-refractivity contribution in [2.75, 3.05) is 13.1 Å². The number of amides is 2. The molecule has 12 nitrogen and oxygen atoms in total. The van der Waals surface area contributed by atoms with Crippen LogP contribution in [0.5, 0.6) is 0 Å². The molecule has 216 valence electrons. The van der Waals surface area contributed by atoms with Crippen LogP contribution in [-0.2, 0) is 28.7 Å². The summed E-state index contributed by atoms with van der Waals surface area (Å²) in [5.74, 6) is 2.00. The summed E-state index contributed by atoms with van der Waals surface area (Å²) in [4.78, 5) is 51.4. The lowest BCUT2D eigenvalue weighted by Gasteiger charge is -2.29. The third-order valence-electron chi connectivity index (χ3n) is 6.16. The average Bonchev–Trinajstić information content (AvgIpc) is 3.54. The third-order valence-corrected chi connectivity index (χ3v) is 6.16. The molecule has 2 saturated heterocycles. The first kappa shape index (κ1) is 31.7. The van der Waals surface area contributed by atoms with E-state index in [1.54, 1.807) is 9.80 Å². The Labute approximate surface area is 230 Å². The van der Waals surface area contributed by atoms with Gasteiger partial charge in [0.2, 0.25) is 11.8 Å². The van der Waals surface area contributed by atoms with E-state index in [4.69, 9.17) is 15.9 Å². The number of carbonyl (C=O) groups excluding carboxylic acids is 4. The predicted octanol–water partition coefficient (Wildman–Crippen LogP) is 2.22. The Hall–Kier alpha value is -3.49. The Balaban J connectivity index is 0.000000277. The SMILES string of the molecule is C#C[C@@H]1CC(=O)N(C(CC)C(=O)OC(C)(C)C)C1.CCC(C(=O)OC(C)(C)C)N1CC(c2nn[nH]n2)CC1=O. The highest BCUT2D eigenvalue weighted by Gasteiger charge is 2.41. The Bertz CT molecular complexity index is 1050. The number of ether oxygens (including phenoxy) is 2. The van der Waals surface area contributed by atoms with Crippen LogP contribution in [0.4, 0.5) is 0 Å². The molecule has 2 fully saturated rings. The first-order valence-electron chi connectivity index (χ1n) is 13.3. The van der Waals surface area contributed by atoms with Crippen molar-refractivity contribution in [2.45, 2.75) is 110 Å². The van der Waals surface area contributed by atoms with Gasteiger partial charge in [0, 0.05) is 37.8 Å². The monoisotopic (exact) mass is 546 g/mol. The minimum Gasteiger partial charge on any atom is -0.458 e. The molecule has 0 radical (unpaired) electrons. The molecular formula is C27H42N6O6. The average molecular weight is 547 g/mol. The molecule has 3 heterocycles. The van der Waals surface area contributed by atoms with Crippen molar-refractivity contribution < 1.29 is 28.7 Å². The number of rotatable bonds is 7. The van der Waals surface area contributed by atoms with Gasteiger partial charge in [-0.05, 0) is 54.4 Å². The van der Waals surface area contributed by atoms with Crippen LogP contribution in [0.25, 0.3) is 0 Å². The topological polar surface area (TPSA) is 148 Å². The number of terminal acetylenes is 1. The van der Waals surface area contributed by atoms with Gasteiger partial charge in [-0.15, -0.1) is 22.5 Å². The molecule has 3 rings (SSSR count). The Morgan fingerprint density at radius 3 is 1.82 bits per heavy atom. The van der Waals surface area contributed by atoms with E-state index in [0.717, 1.165) is 0 Å². The highest BCUT2D eigenvalue weighted by atomic mass is 16.6. The van der Waals surface area contributed by atoms with E-state index in [1.807, 2.05) is 55.4 Å². The van der Waals surface area contributed by atoms with Crippen LogP contribution in [0, 0.1) is 18.3 Å². The molecule has 4 atom stereocenters. The third kappa shape index (κ3) is 9.04. The minimum atomic E-state index is -0.569. The molecule has 0 aromatic carbocycles. The predicted molar refractivity (Wildman–Crippen MR) is 142 cm³/mol. The van der Waals surface area contributed by atoms with Gasteiger partial charge < -0.3 is 19.3 Å². The number of esters is 2. The van der Waals surface area contributed by atoms with Crippen molar-refractivity contribution in [2.24, 2.45) is 5.92 Å². The molecule has 0 spiro atoms. The summed E-state index contributed by atoms with van der Waals surface area (Å²) >= 11 is 0. The maximum atomic E-state index is 12.2. The Morgan fingerprint density at radius 2 is 1.44 bits per heavy atom. The number of nitrogens with one attached hydrogen (secondary N) is 1. The van der Waals surface area contributed by atoms with Crippen molar-refractivity contribution in [3.63, 3.8) is 0 Å². The zero-order valence-electron chi connectivity index (χ0n) is 24.3. The largest absolute Gasteiger partial charge is 0.458 e. The minimum absolute atomic E-state index is 0.0596. The summed E-state index contributed by atoms with van der Waals surface area (Å²) in [7, 11) is 0. The molecule has 1 aromatic heterocycles. The molecule has 39 heavy (non-hydrogen) atoms. The number of tetrazole rings is 1. The highest BCUT2D eigenvalue weighted by Crippen LogP contribution is 2.28. The van der Waals surface area contributed by atoms with Crippen LogP contribution >= 0.6 is 0 Å². The summed E-state index contributed by atoms with van der Waals surface area (Å²) in [6.45, 7) is 15.5. The van der Waals surface area contributed by atoms with E-state index >= 15 is 0 Å². The van der Waals surface area contributed by atoms with Gasteiger partial charge in [0.15, 0.2) is 5.82 Å². The normalized spacial score (nSPS) is 21.1. The molecule has 2 aliphatic rings. The van der Waals surface area contributed by atoms with Crippen LogP contribution in [0.3, 0.4) is 0 Å². The quantitative estimate of drug-likeness (QED) is 0.401. The fourth-order valence-corrected chi connectivity index (χ4v) is 4.46. The van der Waals surface area contributed by atoms with Crippen molar-refractivity contribution in [3.8, 4) is 12.3 Å². The van der Waals surface area contributed by atoms with Gasteiger partial charge in [-0.3, -0.25) is 9.59 Å². The van der Waals surface area contributed by atoms with Crippen molar-refractivity contribution >= 4 is 23.8 Å². The summed E-state index contributed by atoms with van der Waals surface area (Å²) in [5.41, 5.74) is -1.11. The molecule has 3 unspecified atom stereocenters. The maximum Gasteiger partial charge on any atom is 0.329 e. The number of H-pyrrole nitrogens is 1. The second kappa shape index (κ2) is 13.0. The summed E-state index contributed by atoms with van der Waals surface area (Å²) in [6, 6.07) is -1.08. The molecule has 12 heteroatoms. The number of likely N-dealkylation sites (tertiary alicyclic amines) is 2. The molecule has 1 aromatic rings. The summed E-state index contributed by atoms with van der Waals surface area (Å²) < 4.78 is 10.7. The van der Waals surface area contributed by atoms with Crippen LogP contribution < -0.4 is 0 Å². The standard InChI is InChI=1S/C14H21NO3.C13H21N5O3/c1-6-10-8-12(16)15(9-10)11(7-2)13(17)18-14(3,4)5;1-5-9(12(20)21-13(2,3)4)18-7-8(6-10(18)19)11-14-16-17-15-11/h1,10-11H,7-9H2,2-5H3;8-9H,5-7H2,1-4H3,(H,14,15,16,17)/t10-,11?;/m1./s1. The van der Waals surface area contributed by atoms with Gasteiger partial charge in [0.1, 0.15) is 23.3 Å². The summed E-state index contributed by atoms with van der Waals surface area (Å²) in [6.07, 6.45) is 7.01. The van der Waals surface area contributed by atoms with E-state index in [1.165, 1.54) is 0 Å². The summed E-state index contributed by atoms with van der Waals surface area (Å²) in [5, 5.41) is 13.7. The fourth-order valence-electron chi connectivity index (χ4n) is 4.46. The zero-order valence-corrected chi connectivity index (χ0v) is 24.3. The van der Waals surface area contributed by atoms with Gasteiger partial charge in [-0.2, -0.15) is 5.21 Å². The molecule has 0 saturated carbocycles. The number of nitrogens with zero attached hydrogens (tertiary/aromatic N) is 5. The van der Waals surface area contributed by atoms with E-state index in [0.29, 0.717) is 44.6 Å². The molecular weight excluding hydrogens is 504 g/mol. The second-order valence-corrected chi connectivity index (χ2v) is 11.7. The van der Waals surface area contributed by atoms with Crippen LogP contribution in [0.2, 0.25) is 0 Å². The van der Waals surface area contributed by atoms with Crippen molar-refractivity contribution in [3.05, 3.63) is 5.82 Å². The number of hydrogen-bond acceptors (Lipinski definition) is 9. The van der Waals surface area contributed by atoms with Crippen molar-refractivity contribution in [1.29, 1.82) is 0 Å². The Morgan fingerprint density at radius 1 is 0.949 bits per heavy atom. The van der Waals surface area contributed by atoms with Gasteiger partial charge in [0.05, 0.1) is 0 Å².